The Kier molecular flexibility index (Phi) is 6.37. The van der Waals surface area contributed by atoms with Crippen molar-refractivity contribution in [3.63, 3.8) is 0 Å². The van der Waals surface area contributed by atoms with Crippen LogP contribution in [-0.4, -0.2) is 72.5 Å². The van der Waals surface area contributed by atoms with E-state index >= 15 is 0 Å². The van der Waals surface area contributed by atoms with Crippen molar-refractivity contribution < 1.29 is 4.79 Å². The maximum Gasteiger partial charge on any atom is 0.224 e. The zero-order valence-electron chi connectivity index (χ0n) is 13.7. The van der Waals surface area contributed by atoms with E-state index in [-0.39, 0.29) is 0 Å². The number of piperazine rings is 1. The smallest absolute Gasteiger partial charge is 0.224 e. The van der Waals surface area contributed by atoms with Gasteiger partial charge in [-0.05, 0) is 12.0 Å². The lowest BCUT2D eigenvalue weighted by Crippen LogP contribution is -2.51. The van der Waals surface area contributed by atoms with Gasteiger partial charge in [-0.1, -0.05) is 30.3 Å². The summed E-state index contributed by atoms with van der Waals surface area (Å²) in [6.07, 6.45) is 1.76. The average molecular weight is 334 g/mol. The first-order valence-corrected chi connectivity index (χ1v) is 9.82. The summed E-state index contributed by atoms with van der Waals surface area (Å²) in [7, 11) is 0. The Morgan fingerprint density at radius 1 is 1.17 bits per heavy atom. The van der Waals surface area contributed by atoms with Crippen LogP contribution < -0.4 is 5.32 Å². The van der Waals surface area contributed by atoms with E-state index in [0.717, 1.165) is 51.4 Å². The predicted octanol–water partition coefficient (Wildman–Crippen LogP) is 1.47. The van der Waals surface area contributed by atoms with Crippen LogP contribution in [0.15, 0.2) is 30.3 Å². The van der Waals surface area contributed by atoms with E-state index in [4.69, 9.17) is 0 Å². The molecule has 0 aromatic heterocycles. The molecule has 2 saturated heterocycles. The van der Waals surface area contributed by atoms with Gasteiger partial charge in [0.2, 0.25) is 5.91 Å². The summed E-state index contributed by atoms with van der Waals surface area (Å²) in [5.41, 5.74) is 1.40. The Bertz CT molecular complexity index is 482. The molecule has 1 unspecified atom stereocenters. The Morgan fingerprint density at radius 2 is 1.96 bits per heavy atom. The lowest BCUT2D eigenvalue weighted by Gasteiger charge is -2.35. The first-order valence-electron chi connectivity index (χ1n) is 8.66. The SMILES string of the molecule is O=C(CC1CSCCN1)N1CCN(CCc2ccccc2)CC1. The fraction of sp³-hybridized carbons (Fsp3) is 0.611. The molecule has 2 heterocycles. The second-order valence-electron chi connectivity index (χ2n) is 6.39. The number of benzene rings is 1. The van der Waals surface area contributed by atoms with Crippen molar-refractivity contribution in [3.05, 3.63) is 35.9 Å². The lowest BCUT2D eigenvalue weighted by atomic mass is 10.1. The lowest BCUT2D eigenvalue weighted by molar-refractivity contribution is -0.133. The number of carbonyl (C=O) groups is 1. The molecule has 5 heteroatoms. The Labute approximate surface area is 143 Å². The number of carbonyl (C=O) groups excluding carboxylic acids is 1. The third kappa shape index (κ3) is 5.23. The summed E-state index contributed by atoms with van der Waals surface area (Å²) in [6.45, 7) is 5.90. The first-order chi connectivity index (χ1) is 11.3. The quantitative estimate of drug-likeness (QED) is 0.885. The monoisotopic (exact) mass is 333 g/mol. The Morgan fingerprint density at radius 3 is 2.65 bits per heavy atom. The molecular weight excluding hydrogens is 306 g/mol. The highest BCUT2D eigenvalue weighted by molar-refractivity contribution is 7.99. The van der Waals surface area contributed by atoms with Crippen molar-refractivity contribution in [2.75, 3.05) is 50.8 Å². The minimum atomic E-state index is 0.327. The van der Waals surface area contributed by atoms with Crippen LogP contribution >= 0.6 is 11.8 Å². The van der Waals surface area contributed by atoms with Crippen LogP contribution in [-0.2, 0) is 11.2 Å². The minimum Gasteiger partial charge on any atom is -0.340 e. The number of nitrogens with zero attached hydrogens (tertiary/aromatic N) is 2. The Hall–Kier alpha value is -1.04. The Balaban J connectivity index is 1.37. The molecule has 1 atom stereocenters. The molecule has 0 aliphatic carbocycles. The van der Waals surface area contributed by atoms with E-state index in [1.54, 1.807) is 0 Å². The van der Waals surface area contributed by atoms with Gasteiger partial charge in [0.1, 0.15) is 0 Å². The van der Waals surface area contributed by atoms with Gasteiger partial charge in [0.25, 0.3) is 0 Å². The standard InChI is InChI=1S/C18H27N3OS/c22-18(14-17-15-23-13-7-19-17)21-11-9-20(10-12-21)8-6-16-4-2-1-3-5-16/h1-5,17,19H,6-15H2. The number of nitrogens with one attached hydrogen (secondary N) is 1. The van der Waals surface area contributed by atoms with Gasteiger partial charge < -0.3 is 10.2 Å². The van der Waals surface area contributed by atoms with Crippen molar-refractivity contribution in [1.29, 1.82) is 0 Å². The van der Waals surface area contributed by atoms with Gasteiger partial charge in [-0.15, -0.1) is 0 Å². The van der Waals surface area contributed by atoms with E-state index in [0.29, 0.717) is 18.4 Å². The molecule has 0 bridgehead atoms. The highest BCUT2D eigenvalue weighted by atomic mass is 32.2. The molecule has 1 aromatic carbocycles. The average Bonchev–Trinajstić information content (AvgIpc) is 2.62. The van der Waals surface area contributed by atoms with Gasteiger partial charge in [-0.25, -0.2) is 0 Å². The molecule has 23 heavy (non-hydrogen) atoms. The molecule has 2 aliphatic rings. The van der Waals surface area contributed by atoms with E-state index in [1.165, 1.54) is 11.3 Å². The van der Waals surface area contributed by atoms with Crippen molar-refractivity contribution in [2.24, 2.45) is 0 Å². The van der Waals surface area contributed by atoms with Gasteiger partial charge in [-0.3, -0.25) is 9.69 Å². The fourth-order valence-electron chi connectivity index (χ4n) is 3.24. The second kappa shape index (κ2) is 8.71. The van der Waals surface area contributed by atoms with Gasteiger partial charge in [-0.2, -0.15) is 11.8 Å². The molecule has 2 fully saturated rings. The van der Waals surface area contributed by atoms with Crippen molar-refractivity contribution >= 4 is 17.7 Å². The van der Waals surface area contributed by atoms with Crippen LogP contribution in [0.1, 0.15) is 12.0 Å². The molecule has 126 valence electrons. The molecule has 3 rings (SSSR count). The van der Waals surface area contributed by atoms with Gasteiger partial charge in [0.15, 0.2) is 0 Å². The number of hydrogen-bond acceptors (Lipinski definition) is 4. The third-order valence-corrected chi connectivity index (χ3v) is 5.83. The molecular formula is C18H27N3OS. The molecule has 4 nitrogen and oxygen atoms in total. The van der Waals surface area contributed by atoms with Crippen LogP contribution in [0.3, 0.4) is 0 Å². The maximum absolute atomic E-state index is 12.4. The van der Waals surface area contributed by atoms with Crippen molar-refractivity contribution in [2.45, 2.75) is 18.9 Å². The summed E-state index contributed by atoms with van der Waals surface area (Å²) >= 11 is 1.96. The van der Waals surface area contributed by atoms with Crippen molar-refractivity contribution in [3.8, 4) is 0 Å². The minimum absolute atomic E-state index is 0.327. The van der Waals surface area contributed by atoms with Crippen LogP contribution in [0.5, 0.6) is 0 Å². The summed E-state index contributed by atoms with van der Waals surface area (Å²) in [5.74, 6) is 2.57. The second-order valence-corrected chi connectivity index (χ2v) is 7.54. The molecule has 0 radical (unpaired) electrons. The molecule has 1 amide bonds. The zero-order valence-corrected chi connectivity index (χ0v) is 14.6. The predicted molar refractivity (Wildman–Crippen MR) is 96.9 cm³/mol. The van der Waals surface area contributed by atoms with E-state index in [2.05, 4.69) is 45.4 Å². The van der Waals surface area contributed by atoms with Gasteiger partial charge in [0.05, 0.1) is 0 Å². The number of hydrogen-bond donors (Lipinski definition) is 1. The molecule has 0 saturated carbocycles. The molecule has 2 aliphatic heterocycles. The maximum atomic E-state index is 12.4. The molecule has 1 aromatic rings. The largest absolute Gasteiger partial charge is 0.340 e. The van der Waals surface area contributed by atoms with Crippen LogP contribution in [0.25, 0.3) is 0 Å². The molecule has 0 spiro atoms. The summed E-state index contributed by atoms with van der Waals surface area (Å²) < 4.78 is 0. The highest BCUT2D eigenvalue weighted by Gasteiger charge is 2.24. The third-order valence-electron chi connectivity index (χ3n) is 4.70. The van der Waals surface area contributed by atoms with Gasteiger partial charge >= 0.3 is 0 Å². The zero-order chi connectivity index (χ0) is 15.9. The summed E-state index contributed by atoms with van der Waals surface area (Å²) in [4.78, 5) is 16.9. The summed E-state index contributed by atoms with van der Waals surface area (Å²) in [6, 6.07) is 11.0. The van der Waals surface area contributed by atoms with Crippen LogP contribution in [0, 0.1) is 0 Å². The summed E-state index contributed by atoms with van der Waals surface area (Å²) in [5, 5.41) is 3.46. The van der Waals surface area contributed by atoms with Crippen LogP contribution in [0.2, 0.25) is 0 Å². The van der Waals surface area contributed by atoms with Crippen molar-refractivity contribution in [1.82, 2.24) is 15.1 Å². The number of amides is 1. The molecule has 1 N–H and O–H groups in total. The first kappa shape index (κ1) is 16.8. The topological polar surface area (TPSA) is 35.6 Å². The highest BCUT2D eigenvalue weighted by Crippen LogP contribution is 2.13. The fourth-order valence-corrected chi connectivity index (χ4v) is 4.19. The van der Waals surface area contributed by atoms with Crippen LogP contribution in [0.4, 0.5) is 0 Å². The van der Waals surface area contributed by atoms with E-state index in [1.807, 2.05) is 11.8 Å². The number of rotatable bonds is 5. The van der Waals surface area contributed by atoms with Gasteiger partial charge in [0, 0.05) is 63.2 Å². The van der Waals surface area contributed by atoms with E-state index < -0.39 is 0 Å². The normalized spacial score (nSPS) is 23.0. The number of thioether (sulfide) groups is 1. The van der Waals surface area contributed by atoms with E-state index in [9.17, 15) is 4.79 Å².